The predicted molar refractivity (Wildman–Crippen MR) is 148 cm³/mol. The molecule has 3 saturated carbocycles. The van der Waals surface area contributed by atoms with Gasteiger partial charge in [-0.15, -0.1) is 0 Å². The fourth-order valence-electron chi connectivity index (χ4n) is 6.52. The number of hydrogen-bond donors (Lipinski definition) is 2. The highest BCUT2D eigenvalue weighted by atomic mass is 19.4. The molecule has 0 unspecified atom stereocenters. The Hall–Kier alpha value is -1.94. The molecule has 0 bridgehead atoms. The Morgan fingerprint density at radius 3 is 2.23 bits per heavy atom. The highest BCUT2D eigenvalue weighted by Crippen LogP contribution is 2.48. The SMILES string of the molecule is CC(C)(C)c1nc(C2CCC2)cc(N2CCN(CC[C@H]3CC[C@@H](NC(=O)C4CC(O)(C(F)(F)F)C4)CC3)CC2)n1. The molecule has 224 valence electrons. The molecule has 3 aliphatic carbocycles. The molecule has 0 aromatic carbocycles. The van der Waals surface area contributed by atoms with Crippen LogP contribution in [0.25, 0.3) is 0 Å². The topological polar surface area (TPSA) is 81.6 Å². The first-order valence-electron chi connectivity index (χ1n) is 15.3. The Bertz CT molecular complexity index is 1030. The summed E-state index contributed by atoms with van der Waals surface area (Å²) >= 11 is 0. The van der Waals surface area contributed by atoms with Crippen molar-refractivity contribution >= 4 is 11.7 Å². The van der Waals surface area contributed by atoms with Crippen LogP contribution in [-0.4, -0.2) is 76.4 Å². The van der Waals surface area contributed by atoms with Crippen molar-refractivity contribution in [1.82, 2.24) is 20.2 Å². The first-order chi connectivity index (χ1) is 18.8. The monoisotopic (exact) mass is 565 g/mol. The van der Waals surface area contributed by atoms with Crippen molar-refractivity contribution in [3.63, 3.8) is 0 Å². The molecule has 1 aromatic heterocycles. The van der Waals surface area contributed by atoms with Gasteiger partial charge in [0.2, 0.25) is 5.91 Å². The molecule has 2 N–H and O–H groups in total. The molecule has 1 aliphatic heterocycles. The molecule has 2 heterocycles. The lowest BCUT2D eigenvalue weighted by Gasteiger charge is -2.44. The second-order valence-corrected chi connectivity index (χ2v) is 13.8. The van der Waals surface area contributed by atoms with Crippen molar-refractivity contribution in [3.8, 4) is 0 Å². The van der Waals surface area contributed by atoms with Crippen LogP contribution in [0.15, 0.2) is 6.07 Å². The van der Waals surface area contributed by atoms with E-state index in [4.69, 9.17) is 9.97 Å². The highest BCUT2D eigenvalue weighted by Gasteiger charge is 2.62. The molecule has 1 amide bonds. The van der Waals surface area contributed by atoms with E-state index >= 15 is 0 Å². The Kier molecular flexibility index (Phi) is 8.41. The van der Waals surface area contributed by atoms with Crippen LogP contribution in [-0.2, 0) is 10.2 Å². The summed E-state index contributed by atoms with van der Waals surface area (Å²) in [6.07, 6.45) is 2.97. The van der Waals surface area contributed by atoms with Crippen LogP contribution in [0.1, 0.15) is 102 Å². The zero-order chi connectivity index (χ0) is 28.7. The van der Waals surface area contributed by atoms with E-state index in [1.807, 2.05) is 0 Å². The Morgan fingerprint density at radius 2 is 1.68 bits per heavy atom. The largest absolute Gasteiger partial charge is 0.417 e. The average molecular weight is 566 g/mol. The minimum absolute atomic E-state index is 0.0301. The quantitative estimate of drug-likeness (QED) is 0.488. The van der Waals surface area contributed by atoms with Crippen molar-refractivity contribution < 1.29 is 23.1 Å². The van der Waals surface area contributed by atoms with Crippen LogP contribution >= 0.6 is 0 Å². The van der Waals surface area contributed by atoms with E-state index < -0.39 is 30.5 Å². The van der Waals surface area contributed by atoms with Gasteiger partial charge in [0, 0.05) is 61.2 Å². The molecule has 0 radical (unpaired) electrons. The minimum atomic E-state index is -4.67. The summed E-state index contributed by atoms with van der Waals surface area (Å²) in [6.45, 7) is 11.6. The number of rotatable bonds is 7. The maximum atomic E-state index is 12.8. The molecule has 1 saturated heterocycles. The number of nitrogens with one attached hydrogen (secondary N) is 1. The molecule has 0 atom stereocenters. The summed E-state index contributed by atoms with van der Waals surface area (Å²) in [7, 11) is 0. The van der Waals surface area contributed by atoms with Crippen molar-refractivity contribution in [2.24, 2.45) is 11.8 Å². The van der Waals surface area contributed by atoms with Crippen LogP contribution in [0.4, 0.5) is 19.0 Å². The van der Waals surface area contributed by atoms with E-state index in [2.05, 4.69) is 42.0 Å². The zero-order valence-electron chi connectivity index (χ0n) is 24.3. The van der Waals surface area contributed by atoms with Gasteiger partial charge in [-0.1, -0.05) is 27.2 Å². The number of anilines is 1. The predicted octanol–water partition coefficient (Wildman–Crippen LogP) is 4.93. The number of alkyl halides is 3. The zero-order valence-corrected chi connectivity index (χ0v) is 24.3. The Balaban J connectivity index is 1.02. The standard InChI is InChI=1S/C30H46F3N5O2/c1-28(2,3)27-35-24(21-5-4-6-21)17-25(36-27)38-15-13-37(14-16-38)12-11-20-7-9-23(10-8-20)34-26(39)22-18-29(40,19-22)30(31,32)33/h17,20-23,40H,4-16,18-19H2,1-3H3,(H,34,39)/t20-,22?,23+,29?. The molecule has 40 heavy (non-hydrogen) atoms. The van der Waals surface area contributed by atoms with Crippen LogP contribution in [0.2, 0.25) is 0 Å². The lowest BCUT2D eigenvalue weighted by atomic mass is 9.69. The van der Waals surface area contributed by atoms with Gasteiger partial charge in [-0.3, -0.25) is 9.69 Å². The summed E-state index contributed by atoms with van der Waals surface area (Å²) < 4.78 is 38.5. The van der Waals surface area contributed by atoms with Gasteiger partial charge in [-0.05, 0) is 70.3 Å². The fraction of sp³-hybridized carbons (Fsp3) is 0.833. The second kappa shape index (κ2) is 11.4. The number of aliphatic hydroxyl groups is 1. The lowest BCUT2D eigenvalue weighted by molar-refractivity contribution is -0.296. The maximum absolute atomic E-state index is 12.8. The van der Waals surface area contributed by atoms with E-state index in [0.717, 1.165) is 76.5 Å². The van der Waals surface area contributed by atoms with Crippen LogP contribution in [0, 0.1) is 11.8 Å². The Morgan fingerprint density at radius 1 is 1.02 bits per heavy atom. The van der Waals surface area contributed by atoms with Crippen molar-refractivity contribution in [2.45, 2.75) is 114 Å². The van der Waals surface area contributed by atoms with Crippen molar-refractivity contribution in [1.29, 1.82) is 0 Å². The number of carbonyl (C=O) groups is 1. The van der Waals surface area contributed by atoms with Gasteiger partial charge in [0.05, 0.1) is 0 Å². The number of halogens is 3. The third-order valence-electron chi connectivity index (χ3n) is 9.74. The molecule has 0 spiro atoms. The molecule has 4 fully saturated rings. The minimum Gasteiger partial charge on any atom is -0.380 e. The number of amides is 1. The van der Waals surface area contributed by atoms with Gasteiger partial charge in [-0.25, -0.2) is 9.97 Å². The highest BCUT2D eigenvalue weighted by molar-refractivity contribution is 5.80. The van der Waals surface area contributed by atoms with E-state index in [-0.39, 0.29) is 17.4 Å². The van der Waals surface area contributed by atoms with Crippen molar-refractivity contribution in [2.75, 3.05) is 37.6 Å². The molecule has 4 aliphatic rings. The molecular weight excluding hydrogens is 519 g/mol. The van der Waals surface area contributed by atoms with E-state index in [1.54, 1.807) is 0 Å². The number of aromatic nitrogens is 2. The maximum Gasteiger partial charge on any atom is 0.417 e. The van der Waals surface area contributed by atoms with Crippen molar-refractivity contribution in [3.05, 3.63) is 17.6 Å². The first kappa shape index (κ1) is 29.5. The number of carbonyl (C=O) groups excluding carboxylic acids is 1. The summed E-state index contributed by atoms with van der Waals surface area (Å²) in [5, 5.41) is 12.6. The smallest absolute Gasteiger partial charge is 0.380 e. The molecule has 1 aromatic rings. The summed E-state index contributed by atoms with van der Waals surface area (Å²) in [5.41, 5.74) is -1.55. The van der Waals surface area contributed by atoms with Gasteiger partial charge in [0.25, 0.3) is 0 Å². The third-order valence-corrected chi connectivity index (χ3v) is 9.74. The van der Waals surface area contributed by atoms with Crippen LogP contribution in [0.3, 0.4) is 0 Å². The molecule has 10 heteroatoms. The first-order valence-corrected chi connectivity index (χ1v) is 15.3. The van der Waals surface area contributed by atoms with E-state index in [9.17, 15) is 23.1 Å². The van der Waals surface area contributed by atoms with Crippen LogP contribution < -0.4 is 10.2 Å². The number of nitrogens with zero attached hydrogens (tertiary/aromatic N) is 4. The summed E-state index contributed by atoms with van der Waals surface area (Å²) in [5.74, 6) is 2.14. The van der Waals surface area contributed by atoms with Gasteiger partial charge in [-0.2, -0.15) is 13.2 Å². The molecule has 5 rings (SSSR count). The van der Waals surface area contributed by atoms with Gasteiger partial charge >= 0.3 is 6.18 Å². The number of piperazine rings is 1. The number of hydrogen-bond acceptors (Lipinski definition) is 6. The normalized spacial score (nSPS) is 30.5. The van der Waals surface area contributed by atoms with Gasteiger partial charge in [0.15, 0.2) is 5.60 Å². The summed E-state index contributed by atoms with van der Waals surface area (Å²) in [6, 6.07) is 2.26. The lowest BCUT2D eigenvalue weighted by Crippen LogP contribution is -2.59. The molecular formula is C30H46F3N5O2. The van der Waals surface area contributed by atoms with E-state index in [0.29, 0.717) is 11.8 Å². The van der Waals surface area contributed by atoms with E-state index in [1.165, 1.54) is 25.0 Å². The molecule has 7 nitrogen and oxygen atoms in total. The Labute approximate surface area is 236 Å². The van der Waals surface area contributed by atoms with Crippen LogP contribution in [0.5, 0.6) is 0 Å². The van der Waals surface area contributed by atoms with Gasteiger partial charge < -0.3 is 15.3 Å². The van der Waals surface area contributed by atoms with Gasteiger partial charge in [0.1, 0.15) is 11.6 Å². The fourth-order valence-corrected chi connectivity index (χ4v) is 6.52. The second-order valence-electron chi connectivity index (χ2n) is 13.8. The third kappa shape index (κ3) is 6.58. The summed E-state index contributed by atoms with van der Waals surface area (Å²) in [4.78, 5) is 27.3. The average Bonchev–Trinajstić information content (AvgIpc) is 2.84.